The molecule has 4 N–H and O–H groups in total. The molecule has 1 aliphatic rings. The Kier molecular flexibility index (Phi) is 4.33. The van der Waals surface area contributed by atoms with Gasteiger partial charge in [-0.2, -0.15) is 4.98 Å². The lowest BCUT2D eigenvalue weighted by atomic mass is 10.1. The second-order valence-corrected chi connectivity index (χ2v) is 5.08. The molecule has 2 unspecified atom stereocenters. The third kappa shape index (κ3) is 3.13. The molecule has 20 heavy (non-hydrogen) atoms. The lowest BCUT2D eigenvalue weighted by Gasteiger charge is -2.22. The SMILES string of the molecule is Cc1nc(N)nc(NC2CCCCCC2O)c1[N+](=O)[O-]. The molecule has 0 radical (unpaired) electrons. The summed E-state index contributed by atoms with van der Waals surface area (Å²) in [5, 5.41) is 24.2. The van der Waals surface area contributed by atoms with E-state index >= 15 is 0 Å². The molecule has 0 aliphatic heterocycles. The Morgan fingerprint density at radius 2 is 2.05 bits per heavy atom. The number of hydrogen-bond donors (Lipinski definition) is 3. The van der Waals surface area contributed by atoms with Crippen molar-refractivity contribution < 1.29 is 10.0 Å². The van der Waals surface area contributed by atoms with Gasteiger partial charge in [0.25, 0.3) is 0 Å². The van der Waals surface area contributed by atoms with Crippen molar-refractivity contribution in [2.75, 3.05) is 11.1 Å². The zero-order valence-electron chi connectivity index (χ0n) is 11.4. The van der Waals surface area contributed by atoms with Crippen molar-refractivity contribution in [3.05, 3.63) is 15.8 Å². The van der Waals surface area contributed by atoms with Crippen molar-refractivity contribution in [3.8, 4) is 0 Å². The first-order valence-corrected chi connectivity index (χ1v) is 6.72. The van der Waals surface area contributed by atoms with E-state index in [0.29, 0.717) is 6.42 Å². The van der Waals surface area contributed by atoms with Gasteiger partial charge in [-0.1, -0.05) is 19.3 Å². The van der Waals surface area contributed by atoms with Crippen molar-refractivity contribution >= 4 is 17.5 Å². The fraction of sp³-hybridized carbons (Fsp3) is 0.667. The highest BCUT2D eigenvalue weighted by Crippen LogP contribution is 2.29. The van der Waals surface area contributed by atoms with E-state index in [1.165, 1.54) is 6.92 Å². The van der Waals surface area contributed by atoms with Gasteiger partial charge in [-0.05, 0) is 19.8 Å². The van der Waals surface area contributed by atoms with Crippen LogP contribution in [0.25, 0.3) is 0 Å². The standard InChI is InChI=1S/C12H19N5O3/c1-7-10(17(19)20)11(16-12(13)14-7)15-8-5-3-2-4-6-9(8)18/h8-9,18H,2-6H2,1H3,(H3,13,14,15,16). The van der Waals surface area contributed by atoms with Gasteiger partial charge in [-0.15, -0.1) is 0 Å². The summed E-state index contributed by atoms with van der Waals surface area (Å²) in [5.41, 5.74) is 5.58. The minimum absolute atomic E-state index is 0.0151. The second-order valence-electron chi connectivity index (χ2n) is 5.08. The molecule has 8 nitrogen and oxygen atoms in total. The average Bonchev–Trinajstić information content (AvgIpc) is 2.53. The van der Waals surface area contributed by atoms with E-state index < -0.39 is 11.0 Å². The number of aromatic nitrogens is 2. The van der Waals surface area contributed by atoms with E-state index in [2.05, 4.69) is 15.3 Å². The Labute approximate surface area is 116 Å². The van der Waals surface area contributed by atoms with E-state index in [1.54, 1.807) is 0 Å². The number of aryl methyl sites for hydroxylation is 1. The zero-order valence-corrected chi connectivity index (χ0v) is 11.4. The van der Waals surface area contributed by atoms with Crippen LogP contribution in [-0.2, 0) is 0 Å². The van der Waals surface area contributed by atoms with Crippen LogP contribution in [0.2, 0.25) is 0 Å². The number of rotatable bonds is 3. The molecule has 0 amide bonds. The molecule has 1 aromatic heterocycles. The van der Waals surface area contributed by atoms with Crippen LogP contribution in [-0.4, -0.2) is 32.1 Å². The minimum atomic E-state index is -0.534. The quantitative estimate of drug-likeness (QED) is 0.434. The summed E-state index contributed by atoms with van der Waals surface area (Å²) in [4.78, 5) is 18.3. The van der Waals surface area contributed by atoms with E-state index in [-0.39, 0.29) is 29.2 Å². The topological polar surface area (TPSA) is 127 Å². The van der Waals surface area contributed by atoms with Crippen LogP contribution < -0.4 is 11.1 Å². The van der Waals surface area contributed by atoms with Crippen LogP contribution >= 0.6 is 0 Å². The second kappa shape index (κ2) is 6.00. The maximum absolute atomic E-state index is 11.1. The molecule has 8 heteroatoms. The van der Waals surface area contributed by atoms with E-state index in [4.69, 9.17) is 5.73 Å². The van der Waals surface area contributed by atoms with Gasteiger partial charge < -0.3 is 16.2 Å². The van der Waals surface area contributed by atoms with Crippen molar-refractivity contribution in [1.82, 2.24) is 9.97 Å². The number of aliphatic hydroxyl groups is 1. The Morgan fingerprint density at radius 3 is 2.75 bits per heavy atom. The largest absolute Gasteiger partial charge is 0.391 e. The number of nitro groups is 1. The molecule has 1 fully saturated rings. The number of anilines is 2. The fourth-order valence-electron chi connectivity index (χ4n) is 2.54. The van der Waals surface area contributed by atoms with Crippen LogP contribution in [0.3, 0.4) is 0 Å². The predicted octanol–water partition coefficient (Wildman–Crippen LogP) is 1.38. The lowest BCUT2D eigenvalue weighted by molar-refractivity contribution is -0.385. The number of nitrogens with two attached hydrogens (primary N) is 1. The van der Waals surface area contributed by atoms with Gasteiger partial charge in [0, 0.05) is 0 Å². The average molecular weight is 281 g/mol. The van der Waals surface area contributed by atoms with Gasteiger partial charge in [0.2, 0.25) is 11.8 Å². The van der Waals surface area contributed by atoms with Crippen LogP contribution in [0.15, 0.2) is 0 Å². The molecule has 2 rings (SSSR count). The number of nitrogen functional groups attached to an aromatic ring is 1. The van der Waals surface area contributed by atoms with Gasteiger partial charge >= 0.3 is 5.69 Å². The summed E-state index contributed by atoms with van der Waals surface area (Å²) in [7, 11) is 0. The molecule has 0 bridgehead atoms. The summed E-state index contributed by atoms with van der Waals surface area (Å²) in [6, 6.07) is -0.245. The van der Waals surface area contributed by atoms with Crippen molar-refractivity contribution in [2.45, 2.75) is 51.2 Å². The van der Waals surface area contributed by atoms with Crippen molar-refractivity contribution in [2.24, 2.45) is 0 Å². The highest BCUT2D eigenvalue weighted by atomic mass is 16.6. The summed E-state index contributed by atoms with van der Waals surface area (Å²) < 4.78 is 0. The van der Waals surface area contributed by atoms with E-state index in [9.17, 15) is 15.2 Å². The Bertz CT molecular complexity index is 508. The van der Waals surface area contributed by atoms with Gasteiger partial charge in [-0.25, -0.2) is 4.98 Å². The molecule has 110 valence electrons. The predicted molar refractivity (Wildman–Crippen MR) is 74.3 cm³/mol. The smallest absolute Gasteiger partial charge is 0.332 e. The number of nitrogens with zero attached hydrogens (tertiary/aromatic N) is 3. The normalized spacial score (nSPS) is 23.1. The first-order chi connectivity index (χ1) is 9.49. The Morgan fingerprint density at radius 1 is 1.35 bits per heavy atom. The maximum atomic E-state index is 11.1. The monoisotopic (exact) mass is 281 g/mol. The van der Waals surface area contributed by atoms with Crippen molar-refractivity contribution in [1.29, 1.82) is 0 Å². The summed E-state index contributed by atoms with van der Waals surface area (Å²) >= 11 is 0. The highest BCUT2D eigenvalue weighted by Gasteiger charge is 2.27. The maximum Gasteiger partial charge on any atom is 0.332 e. The molecular weight excluding hydrogens is 262 g/mol. The third-order valence-electron chi connectivity index (χ3n) is 3.56. The highest BCUT2D eigenvalue weighted by molar-refractivity contribution is 5.60. The molecule has 0 saturated heterocycles. The molecule has 1 saturated carbocycles. The first kappa shape index (κ1) is 14.4. The van der Waals surface area contributed by atoms with Gasteiger partial charge in [0.05, 0.1) is 17.1 Å². The number of aliphatic hydroxyl groups excluding tert-OH is 1. The zero-order chi connectivity index (χ0) is 14.7. The molecule has 1 aromatic rings. The molecule has 1 heterocycles. The molecule has 0 spiro atoms. The number of nitrogens with one attached hydrogen (secondary N) is 1. The summed E-state index contributed by atoms with van der Waals surface area (Å²) in [6.07, 6.45) is 3.90. The lowest BCUT2D eigenvalue weighted by Crippen LogP contribution is -2.33. The molecular formula is C12H19N5O3. The van der Waals surface area contributed by atoms with Gasteiger partial charge in [-0.3, -0.25) is 10.1 Å². The van der Waals surface area contributed by atoms with E-state index in [0.717, 1.165) is 25.7 Å². The van der Waals surface area contributed by atoms with Gasteiger partial charge in [0.1, 0.15) is 5.69 Å². The molecule has 0 aromatic carbocycles. The fourth-order valence-corrected chi connectivity index (χ4v) is 2.54. The summed E-state index contributed by atoms with van der Waals surface area (Å²) in [6.45, 7) is 1.52. The molecule has 1 aliphatic carbocycles. The summed E-state index contributed by atoms with van der Waals surface area (Å²) in [5.74, 6) is 0.0738. The Balaban J connectivity index is 2.29. The van der Waals surface area contributed by atoms with Crippen LogP contribution in [0.4, 0.5) is 17.5 Å². The number of hydrogen-bond acceptors (Lipinski definition) is 7. The van der Waals surface area contributed by atoms with Gasteiger partial charge in [0.15, 0.2) is 0 Å². The van der Waals surface area contributed by atoms with Crippen LogP contribution in [0.1, 0.15) is 37.8 Å². The Hall–Kier alpha value is -1.96. The third-order valence-corrected chi connectivity index (χ3v) is 3.56. The first-order valence-electron chi connectivity index (χ1n) is 6.72. The van der Waals surface area contributed by atoms with Crippen LogP contribution in [0.5, 0.6) is 0 Å². The molecule has 2 atom stereocenters. The van der Waals surface area contributed by atoms with E-state index in [1.807, 2.05) is 0 Å². The van der Waals surface area contributed by atoms with Crippen molar-refractivity contribution in [3.63, 3.8) is 0 Å². The minimum Gasteiger partial charge on any atom is -0.391 e. The van der Waals surface area contributed by atoms with Crippen LogP contribution in [0, 0.1) is 17.0 Å².